The number of aliphatic carboxylic acids is 1. The van der Waals surface area contributed by atoms with Gasteiger partial charge in [0.15, 0.2) is 0 Å². The lowest BCUT2D eigenvalue weighted by atomic mass is 9.94. The third-order valence-corrected chi connectivity index (χ3v) is 7.48. The lowest BCUT2D eigenvalue weighted by Gasteiger charge is -2.47. The summed E-state index contributed by atoms with van der Waals surface area (Å²) in [5.74, 6) is -1.34. The molecule has 1 amide bonds. The van der Waals surface area contributed by atoms with Gasteiger partial charge in [0.1, 0.15) is 43.2 Å². The predicted octanol–water partition coefficient (Wildman–Crippen LogP) is 4.60. The number of carboxylic acids is 1. The number of benzene rings is 3. The van der Waals surface area contributed by atoms with Crippen LogP contribution in [-0.4, -0.2) is 82.5 Å². The van der Waals surface area contributed by atoms with E-state index in [1.54, 1.807) is 0 Å². The molecule has 254 valence electrons. The summed E-state index contributed by atoms with van der Waals surface area (Å²) in [6.45, 7) is -0.795. The molecule has 0 unspecified atom stereocenters. The Bertz CT molecular complexity index is 1370. The minimum atomic E-state index is -1.88. The largest absolute Gasteiger partial charge is 0.480 e. The fraction of sp³-hybridized carbons (Fsp3) is 0.394. The first-order valence-corrected chi connectivity index (χ1v) is 15.9. The van der Waals surface area contributed by atoms with Crippen molar-refractivity contribution in [3.05, 3.63) is 108 Å². The molecule has 0 bridgehead atoms. The second-order valence-corrected chi connectivity index (χ2v) is 13.2. The molecule has 47 heavy (non-hydrogen) atoms. The number of rotatable bonds is 16. The van der Waals surface area contributed by atoms with Gasteiger partial charge in [-0.2, -0.15) is 0 Å². The van der Waals surface area contributed by atoms with E-state index >= 15 is 0 Å². The van der Waals surface area contributed by atoms with Crippen molar-refractivity contribution >= 4 is 46.9 Å². The molecule has 4 N–H and O–H groups in total. The third-order valence-electron chi connectivity index (χ3n) is 7.15. The highest BCUT2D eigenvalue weighted by Crippen LogP contribution is 2.29. The van der Waals surface area contributed by atoms with Gasteiger partial charge in [-0.25, -0.2) is 4.79 Å². The SMILES string of the molecule is O=C(N[C@@H]1[C@@H](OCc2ccccc2)[C@@H](OCc2ccccc2)[C@@H](COCc2ccccc2)O[C@@H]1N[C@@H](CO)C(=O)O)OCC(Cl)(Cl)Cl. The van der Waals surface area contributed by atoms with Crippen LogP contribution in [0.3, 0.4) is 0 Å². The summed E-state index contributed by atoms with van der Waals surface area (Å²) < 4.78 is 28.6. The first kappa shape index (κ1) is 36.9. The number of ether oxygens (including phenoxy) is 5. The minimum absolute atomic E-state index is 0.0129. The van der Waals surface area contributed by atoms with Gasteiger partial charge in [-0.15, -0.1) is 0 Å². The third kappa shape index (κ3) is 12.2. The molecular weight excluding hydrogens is 675 g/mol. The van der Waals surface area contributed by atoms with Gasteiger partial charge in [0.05, 0.1) is 33.0 Å². The Balaban J connectivity index is 1.68. The minimum Gasteiger partial charge on any atom is -0.480 e. The Morgan fingerprint density at radius 2 is 1.32 bits per heavy atom. The van der Waals surface area contributed by atoms with Crippen LogP contribution in [0.15, 0.2) is 91.0 Å². The number of alkyl halides is 3. The van der Waals surface area contributed by atoms with Crippen molar-refractivity contribution in [1.82, 2.24) is 10.6 Å². The van der Waals surface area contributed by atoms with E-state index in [-0.39, 0.29) is 26.4 Å². The molecule has 1 heterocycles. The van der Waals surface area contributed by atoms with Crippen LogP contribution < -0.4 is 10.6 Å². The molecule has 1 aliphatic rings. The Kier molecular flexibility index (Phi) is 14.5. The number of aliphatic hydroxyl groups excluding tert-OH is 1. The summed E-state index contributed by atoms with van der Waals surface area (Å²) in [5.41, 5.74) is 2.63. The number of hydrogen-bond donors (Lipinski definition) is 4. The van der Waals surface area contributed by atoms with Gasteiger partial charge >= 0.3 is 12.1 Å². The van der Waals surface area contributed by atoms with Crippen LogP contribution in [0.25, 0.3) is 0 Å². The lowest BCUT2D eigenvalue weighted by Crippen LogP contribution is -2.70. The number of halogens is 3. The van der Waals surface area contributed by atoms with Crippen molar-refractivity contribution in [3.63, 3.8) is 0 Å². The normalized spacial score (nSPS) is 21.9. The van der Waals surface area contributed by atoms with E-state index in [4.69, 9.17) is 58.5 Å². The van der Waals surface area contributed by atoms with Crippen molar-refractivity contribution in [3.8, 4) is 0 Å². The summed E-state index contributed by atoms with van der Waals surface area (Å²) >= 11 is 17.4. The summed E-state index contributed by atoms with van der Waals surface area (Å²) in [6, 6.07) is 25.7. The number of hydrogen-bond acceptors (Lipinski definition) is 9. The average Bonchev–Trinajstić information content (AvgIpc) is 3.06. The molecular formula is C33H37Cl3N2O9. The quantitative estimate of drug-likeness (QED) is 0.156. The van der Waals surface area contributed by atoms with Crippen LogP contribution in [0.5, 0.6) is 0 Å². The van der Waals surface area contributed by atoms with Crippen LogP contribution in [0, 0.1) is 0 Å². The Labute approximate surface area is 288 Å². The van der Waals surface area contributed by atoms with Gasteiger partial charge in [-0.1, -0.05) is 126 Å². The predicted molar refractivity (Wildman–Crippen MR) is 175 cm³/mol. The van der Waals surface area contributed by atoms with Crippen molar-refractivity contribution in [2.24, 2.45) is 0 Å². The molecule has 14 heteroatoms. The number of nitrogens with one attached hydrogen (secondary N) is 2. The Morgan fingerprint density at radius 3 is 1.81 bits per heavy atom. The molecule has 11 nitrogen and oxygen atoms in total. The van der Waals surface area contributed by atoms with Gasteiger partial charge in [0.25, 0.3) is 0 Å². The maximum Gasteiger partial charge on any atom is 0.407 e. The molecule has 0 aromatic heterocycles. The van der Waals surface area contributed by atoms with Gasteiger partial charge in [-0.3, -0.25) is 10.1 Å². The maximum atomic E-state index is 13.0. The highest BCUT2D eigenvalue weighted by atomic mass is 35.6. The van der Waals surface area contributed by atoms with Crippen molar-refractivity contribution in [2.75, 3.05) is 19.8 Å². The molecule has 4 rings (SSSR count). The monoisotopic (exact) mass is 710 g/mol. The molecule has 0 aliphatic carbocycles. The average molecular weight is 712 g/mol. The topological polar surface area (TPSA) is 145 Å². The highest BCUT2D eigenvalue weighted by Gasteiger charge is 2.49. The van der Waals surface area contributed by atoms with E-state index in [2.05, 4.69) is 10.6 Å². The second-order valence-electron chi connectivity index (χ2n) is 10.7. The molecule has 3 aromatic carbocycles. The summed E-state index contributed by atoms with van der Waals surface area (Å²) in [5, 5.41) is 25.1. The molecule has 1 aliphatic heterocycles. The van der Waals surface area contributed by atoms with E-state index in [1.807, 2.05) is 91.0 Å². The van der Waals surface area contributed by atoms with E-state index in [0.29, 0.717) is 0 Å². The first-order chi connectivity index (χ1) is 22.6. The molecule has 1 saturated heterocycles. The zero-order chi connectivity index (χ0) is 33.6. The first-order valence-electron chi connectivity index (χ1n) is 14.8. The molecule has 1 fully saturated rings. The van der Waals surface area contributed by atoms with Crippen LogP contribution in [0.2, 0.25) is 0 Å². The van der Waals surface area contributed by atoms with E-state index in [0.717, 1.165) is 16.7 Å². The number of carboxylic acid groups (broad SMARTS) is 1. The fourth-order valence-corrected chi connectivity index (χ4v) is 5.06. The maximum absolute atomic E-state index is 13.0. The molecule has 0 radical (unpaired) electrons. The van der Waals surface area contributed by atoms with Crippen molar-refractivity contribution in [1.29, 1.82) is 0 Å². The number of carbonyl (C=O) groups excluding carboxylic acids is 1. The fourth-order valence-electron chi connectivity index (χ4n) is 4.90. The lowest BCUT2D eigenvalue weighted by molar-refractivity contribution is -0.239. The van der Waals surface area contributed by atoms with Gasteiger partial charge in [0, 0.05) is 0 Å². The van der Waals surface area contributed by atoms with Crippen LogP contribution in [0.1, 0.15) is 16.7 Å². The summed E-state index contributed by atoms with van der Waals surface area (Å²) in [7, 11) is 0. The summed E-state index contributed by atoms with van der Waals surface area (Å²) in [6.07, 6.45) is -4.87. The van der Waals surface area contributed by atoms with E-state index in [9.17, 15) is 19.8 Å². The van der Waals surface area contributed by atoms with E-state index < -0.39 is 65.7 Å². The number of aliphatic hydroxyl groups is 1. The Hall–Kier alpha value is -2.97. The molecule has 0 saturated carbocycles. The smallest absolute Gasteiger partial charge is 0.407 e. The van der Waals surface area contributed by atoms with Crippen LogP contribution >= 0.6 is 34.8 Å². The second kappa shape index (κ2) is 18.5. The molecule has 0 spiro atoms. The number of alkyl carbamates (subject to hydrolysis) is 1. The molecule has 6 atom stereocenters. The standard InChI is InChI=1S/C33H37Cl3N2O9/c34-33(35,36)21-46-32(42)38-27-29(45-19-24-14-8-3-9-15-24)28(44-18-23-12-6-2-7-13-23)26(20-43-17-22-10-4-1-5-11-22)47-30(27)37-25(16-39)31(40)41/h1-15,25-30,37,39H,16-21H2,(H,38,42)(H,40,41)/t25-,26+,27+,28-,29+,30-/m0/s1. The van der Waals surface area contributed by atoms with Gasteiger partial charge < -0.3 is 39.2 Å². The zero-order valence-electron chi connectivity index (χ0n) is 25.3. The number of carbonyl (C=O) groups is 2. The van der Waals surface area contributed by atoms with Gasteiger partial charge in [0.2, 0.25) is 3.79 Å². The summed E-state index contributed by atoms with van der Waals surface area (Å²) in [4.78, 5) is 25.0. The van der Waals surface area contributed by atoms with Crippen LogP contribution in [-0.2, 0) is 48.3 Å². The van der Waals surface area contributed by atoms with E-state index in [1.165, 1.54) is 0 Å². The van der Waals surface area contributed by atoms with Crippen molar-refractivity contribution in [2.45, 2.75) is 60.2 Å². The Morgan fingerprint density at radius 1 is 0.809 bits per heavy atom. The van der Waals surface area contributed by atoms with Crippen LogP contribution in [0.4, 0.5) is 4.79 Å². The highest BCUT2D eigenvalue weighted by molar-refractivity contribution is 6.67. The van der Waals surface area contributed by atoms with Crippen molar-refractivity contribution < 1.29 is 43.5 Å². The zero-order valence-corrected chi connectivity index (χ0v) is 27.5. The molecule has 3 aromatic rings. The number of amides is 1. The van der Waals surface area contributed by atoms with Gasteiger partial charge in [-0.05, 0) is 16.7 Å².